The smallest absolute Gasteiger partial charge is 0.310 e. The van der Waals surface area contributed by atoms with Gasteiger partial charge in [-0.2, -0.15) is 4.57 Å². The average molecular weight is 500 g/mol. The number of aromatic nitrogens is 1. The summed E-state index contributed by atoms with van der Waals surface area (Å²) >= 11 is 6.78. The second kappa shape index (κ2) is 7.53. The Hall–Kier alpha value is -0.270. The zero-order chi connectivity index (χ0) is 15.8. The molecule has 0 aromatic carbocycles. The molecule has 2 unspecified atom stereocenters. The third kappa shape index (κ3) is 4.38. The number of esters is 1. The predicted molar refractivity (Wildman–Crippen MR) is 84.5 cm³/mol. The van der Waals surface area contributed by atoms with Crippen molar-refractivity contribution in [2.24, 2.45) is 11.8 Å². The molecule has 22 heavy (non-hydrogen) atoms. The van der Waals surface area contributed by atoms with Gasteiger partial charge >= 0.3 is 5.97 Å². The van der Waals surface area contributed by atoms with E-state index in [0.29, 0.717) is 6.42 Å². The number of cyclic esters (lactones) is 1. The number of carbonyl (C=O) groups is 2. The standard InChI is InChI=1S/C15H18Br2NO3.BrH/c1-9(2)12-5-15(3,21-14(12)20)13(19)8-18-6-10(16)4-11(17)7-18;/h4,6-7,9,12H,5,8H2,1-3H3;1H/q+1;/p-1. The fraction of sp³-hybridized carbons (Fsp3) is 0.533. The molecule has 1 fully saturated rings. The Balaban J connectivity index is 0.00000242. The van der Waals surface area contributed by atoms with Gasteiger partial charge < -0.3 is 21.7 Å². The fourth-order valence-electron chi connectivity index (χ4n) is 2.51. The summed E-state index contributed by atoms with van der Waals surface area (Å²) in [7, 11) is 0. The molecule has 0 bridgehead atoms. The first-order valence-electron chi connectivity index (χ1n) is 6.82. The van der Waals surface area contributed by atoms with Gasteiger partial charge in [-0.05, 0) is 50.8 Å². The molecule has 7 heteroatoms. The maximum absolute atomic E-state index is 12.5. The first-order valence-corrected chi connectivity index (χ1v) is 8.41. The highest BCUT2D eigenvalue weighted by Crippen LogP contribution is 2.35. The summed E-state index contributed by atoms with van der Waals surface area (Å²) in [6, 6.07) is 1.90. The van der Waals surface area contributed by atoms with E-state index in [1.54, 1.807) is 11.5 Å². The molecular weight excluding hydrogens is 482 g/mol. The SMILES string of the molecule is CC(C)C1CC(C)(C(=O)C[n+]2cc(Br)cc(Br)c2)OC1=O.[Br-]. The molecule has 0 spiro atoms. The van der Waals surface area contributed by atoms with Gasteiger partial charge in [0.05, 0.1) is 14.9 Å². The minimum absolute atomic E-state index is 0. The van der Waals surface area contributed by atoms with Crippen LogP contribution in [-0.4, -0.2) is 17.4 Å². The lowest BCUT2D eigenvalue weighted by Gasteiger charge is -2.19. The van der Waals surface area contributed by atoms with E-state index in [4.69, 9.17) is 4.74 Å². The minimum Gasteiger partial charge on any atom is -1.00 e. The quantitative estimate of drug-likeness (QED) is 0.434. The number of ketones is 1. The van der Waals surface area contributed by atoms with E-state index in [2.05, 4.69) is 31.9 Å². The van der Waals surface area contributed by atoms with Crippen LogP contribution in [0, 0.1) is 11.8 Å². The molecule has 1 saturated heterocycles. The van der Waals surface area contributed by atoms with E-state index < -0.39 is 5.60 Å². The maximum Gasteiger partial charge on any atom is 0.310 e. The fourth-order valence-corrected chi connectivity index (χ4v) is 3.83. The molecule has 1 aromatic rings. The average Bonchev–Trinajstić information content (AvgIpc) is 2.65. The summed E-state index contributed by atoms with van der Waals surface area (Å²) < 4.78 is 8.91. The molecule has 1 aliphatic rings. The molecule has 2 atom stereocenters. The van der Waals surface area contributed by atoms with Crippen LogP contribution in [0.1, 0.15) is 27.2 Å². The van der Waals surface area contributed by atoms with Crippen molar-refractivity contribution in [2.45, 2.75) is 39.3 Å². The van der Waals surface area contributed by atoms with Gasteiger partial charge in [-0.25, -0.2) is 0 Å². The summed E-state index contributed by atoms with van der Waals surface area (Å²) in [5.41, 5.74) is -1.02. The highest BCUT2D eigenvalue weighted by atomic mass is 79.9. The molecule has 0 N–H and O–H groups in total. The van der Waals surface area contributed by atoms with Gasteiger partial charge in [-0.1, -0.05) is 13.8 Å². The normalized spacial score (nSPS) is 24.1. The van der Waals surface area contributed by atoms with Gasteiger partial charge in [-0.3, -0.25) is 9.59 Å². The molecule has 122 valence electrons. The third-order valence-corrected chi connectivity index (χ3v) is 4.68. The van der Waals surface area contributed by atoms with E-state index in [1.807, 2.05) is 32.3 Å². The van der Waals surface area contributed by atoms with Crippen molar-refractivity contribution in [1.29, 1.82) is 0 Å². The van der Waals surface area contributed by atoms with Crippen LogP contribution < -0.4 is 21.5 Å². The monoisotopic (exact) mass is 497 g/mol. The molecular formula is C15H18Br3NO3. The zero-order valence-electron chi connectivity index (χ0n) is 12.6. The molecule has 0 amide bonds. The number of nitrogens with zero attached hydrogens (tertiary/aromatic N) is 1. The summed E-state index contributed by atoms with van der Waals surface area (Å²) in [5, 5.41) is 0. The van der Waals surface area contributed by atoms with E-state index in [1.165, 1.54) is 0 Å². The lowest BCUT2D eigenvalue weighted by atomic mass is 9.86. The van der Waals surface area contributed by atoms with Crippen LogP contribution in [0.5, 0.6) is 0 Å². The number of hydrogen-bond acceptors (Lipinski definition) is 3. The van der Waals surface area contributed by atoms with Crippen LogP contribution in [0.3, 0.4) is 0 Å². The first kappa shape index (κ1) is 19.8. The summed E-state index contributed by atoms with van der Waals surface area (Å²) in [5.74, 6) is -0.367. The lowest BCUT2D eigenvalue weighted by Crippen LogP contribution is -3.00. The second-order valence-corrected chi connectivity index (χ2v) is 7.81. The molecule has 2 heterocycles. The number of Topliss-reactive ketones (excluding diaryl/α,β-unsaturated/α-hetero) is 1. The molecule has 0 aliphatic carbocycles. The number of rotatable bonds is 4. The predicted octanol–water partition coefficient (Wildman–Crippen LogP) is 0.0500. The Labute approximate surface area is 157 Å². The summed E-state index contributed by atoms with van der Waals surface area (Å²) in [6.07, 6.45) is 4.10. The Morgan fingerprint density at radius 3 is 2.41 bits per heavy atom. The summed E-state index contributed by atoms with van der Waals surface area (Å²) in [4.78, 5) is 24.4. The third-order valence-electron chi connectivity index (χ3n) is 3.81. The largest absolute Gasteiger partial charge is 1.00 e. The number of pyridine rings is 1. The van der Waals surface area contributed by atoms with Gasteiger partial charge in [0.15, 0.2) is 18.0 Å². The second-order valence-electron chi connectivity index (χ2n) is 5.97. The van der Waals surface area contributed by atoms with Crippen molar-refractivity contribution in [3.05, 3.63) is 27.4 Å². The Morgan fingerprint density at radius 1 is 1.41 bits per heavy atom. The van der Waals surface area contributed by atoms with Gasteiger partial charge in [0.2, 0.25) is 12.3 Å². The number of ether oxygens (including phenoxy) is 1. The van der Waals surface area contributed by atoms with Crippen LogP contribution in [0.2, 0.25) is 0 Å². The molecule has 0 saturated carbocycles. The number of halogens is 3. The van der Waals surface area contributed by atoms with E-state index in [0.717, 1.165) is 8.95 Å². The Morgan fingerprint density at radius 2 is 1.95 bits per heavy atom. The van der Waals surface area contributed by atoms with Crippen molar-refractivity contribution in [1.82, 2.24) is 0 Å². The van der Waals surface area contributed by atoms with Crippen LogP contribution in [-0.2, 0) is 20.9 Å². The van der Waals surface area contributed by atoms with E-state index in [-0.39, 0.29) is 47.1 Å². The topological polar surface area (TPSA) is 47.2 Å². The van der Waals surface area contributed by atoms with Crippen LogP contribution in [0.15, 0.2) is 27.4 Å². The van der Waals surface area contributed by atoms with Gasteiger partial charge in [0, 0.05) is 6.42 Å². The maximum atomic E-state index is 12.5. The molecule has 1 aliphatic heterocycles. The molecule has 2 rings (SSSR count). The number of hydrogen-bond donors (Lipinski definition) is 0. The molecule has 0 radical (unpaired) electrons. The van der Waals surface area contributed by atoms with E-state index >= 15 is 0 Å². The van der Waals surface area contributed by atoms with E-state index in [9.17, 15) is 9.59 Å². The van der Waals surface area contributed by atoms with Crippen molar-refractivity contribution >= 4 is 43.6 Å². The van der Waals surface area contributed by atoms with Crippen molar-refractivity contribution < 1.29 is 35.9 Å². The zero-order valence-corrected chi connectivity index (χ0v) is 17.4. The van der Waals surface area contributed by atoms with Gasteiger partial charge in [0.25, 0.3) is 0 Å². The van der Waals surface area contributed by atoms with Crippen molar-refractivity contribution in [3.63, 3.8) is 0 Å². The van der Waals surface area contributed by atoms with Crippen LogP contribution >= 0.6 is 31.9 Å². The van der Waals surface area contributed by atoms with Gasteiger partial charge in [0.1, 0.15) is 0 Å². The van der Waals surface area contributed by atoms with Crippen molar-refractivity contribution in [2.75, 3.05) is 0 Å². The molecule has 1 aromatic heterocycles. The van der Waals surface area contributed by atoms with Crippen molar-refractivity contribution in [3.8, 4) is 0 Å². The Bertz CT molecular complexity index is 571. The highest BCUT2D eigenvalue weighted by molar-refractivity contribution is 9.11. The Kier molecular flexibility index (Phi) is 6.77. The minimum atomic E-state index is -1.02. The first-order chi connectivity index (χ1) is 9.71. The molecule has 4 nitrogen and oxygen atoms in total. The van der Waals surface area contributed by atoms with Crippen LogP contribution in [0.25, 0.3) is 0 Å². The van der Waals surface area contributed by atoms with Gasteiger partial charge in [-0.15, -0.1) is 0 Å². The number of carbonyl (C=O) groups excluding carboxylic acids is 2. The lowest BCUT2D eigenvalue weighted by molar-refractivity contribution is -0.685. The highest BCUT2D eigenvalue weighted by Gasteiger charge is 2.50. The van der Waals surface area contributed by atoms with Crippen LogP contribution in [0.4, 0.5) is 0 Å². The summed E-state index contributed by atoms with van der Waals surface area (Å²) in [6.45, 7) is 5.83.